The van der Waals surface area contributed by atoms with Gasteiger partial charge < -0.3 is 14.8 Å². The molecule has 0 saturated carbocycles. The van der Waals surface area contributed by atoms with Crippen LogP contribution in [-0.2, 0) is 9.53 Å². The van der Waals surface area contributed by atoms with Crippen LogP contribution >= 0.6 is 34.5 Å². The molecule has 0 bridgehead atoms. The van der Waals surface area contributed by atoms with Crippen molar-refractivity contribution in [3.8, 4) is 16.9 Å². The third kappa shape index (κ3) is 5.56. The van der Waals surface area contributed by atoms with Crippen LogP contribution in [0.15, 0.2) is 47.8 Å². The van der Waals surface area contributed by atoms with Crippen LogP contribution in [0.2, 0.25) is 10.0 Å². The number of anilines is 1. The summed E-state index contributed by atoms with van der Waals surface area (Å²) >= 11 is 13.0. The predicted octanol–water partition coefficient (Wildman–Crippen LogP) is 5.82. The van der Waals surface area contributed by atoms with Gasteiger partial charge in [-0.25, -0.2) is 4.79 Å². The highest BCUT2D eigenvalue weighted by Gasteiger charge is 2.24. The number of thiophene rings is 1. The summed E-state index contributed by atoms with van der Waals surface area (Å²) in [7, 11) is 0. The number of nitro groups is 1. The minimum absolute atomic E-state index is 0.103. The maximum atomic E-state index is 12.6. The number of benzene rings is 2. The normalized spacial score (nSPS) is 10.5. The second-order valence-electron chi connectivity index (χ2n) is 6.29. The monoisotopic (exact) mass is 494 g/mol. The van der Waals surface area contributed by atoms with Gasteiger partial charge in [-0.3, -0.25) is 14.9 Å². The molecule has 1 heterocycles. The number of hydrogen-bond donors (Lipinski definition) is 1. The lowest BCUT2D eigenvalue weighted by atomic mass is 10.0. The fourth-order valence-corrected chi connectivity index (χ4v) is 4.06. The molecule has 0 unspecified atom stereocenters. The molecule has 8 nitrogen and oxygen atoms in total. The van der Waals surface area contributed by atoms with E-state index in [2.05, 4.69) is 5.32 Å². The van der Waals surface area contributed by atoms with Crippen LogP contribution in [0.1, 0.15) is 17.3 Å². The Kier molecular flexibility index (Phi) is 7.68. The highest BCUT2D eigenvalue weighted by atomic mass is 35.5. The van der Waals surface area contributed by atoms with Crippen molar-refractivity contribution >= 4 is 57.1 Å². The summed E-state index contributed by atoms with van der Waals surface area (Å²) in [6.45, 7) is 1.39. The number of non-ortho nitro benzene ring substituents is 1. The standard InChI is InChI=1S/C21H16Cl2N2O6S/c1-2-30-21(27)19-15(12-4-3-5-14(8-12)25(28)29)11-32-20(19)24-18(26)10-31-17-9-13(22)6-7-16(17)23/h3-9,11H,2,10H2,1H3,(H,24,26). The van der Waals surface area contributed by atoms with Gasteiger partial charge >= 0.3 is 5.97 Å². The minimum Gasteiger partial charge on any atom is -0.482 e. The number of hydrogen-bond acceptors (Lipinski definition) is 7. The molecule has 2 aromatic carbocycles. The van der Waals surface area contributed by atoms with E-state index in [1.807, 2.05) is 0 Å². The van der Waals surface area contributed by atoms with Crippen molar-refractivity contribution in [2.45, 2.75) is 6.92 Å². The van der Waals surface area contributed by atoms with Crippen molar-refractivity contribution in [1.82, 2.24) is 0 Å². The molecule has 0 saturated heterocycles. The van der Waals surface area contributed by atoms with Gasteiger partial charge in [0.1, 0.15) is 16.3 Å². The van der Waals surface area contributed by atoms with Crippen molar-refractivity contribution in [3.63, 3.8) is 0 Å². The van der Waals surface area contributed by atoms with Gasteiger partial charge in [0.15, 0.2) is 6.61 Å². The quantitative estimate of drug-likeness (QED) is 0.240. The van der Waals surface area contributed by atoms with Gasteiger partial charge in [0, 0.05) is 34.2 Å². The summed E-state index contributed by atoms with van der Waals surface area (Å²) in [5.74, 6) is -0.966. The molecule has 3 rings (SSSR count). The first kappa shape index (κ1) is 23.5. The molecule has 0 fully saturated rings. The van der Waals surface area contributed by atoms with Gasteiger partial charge in [-0.1, -0.05) is 35.3 Å². The zero-order valence-corrected chi connectivity index (χ0v) is 18.9. The molecular formula is C21H16Cl2N2O6S. The highest BCUT2D eigenvalue weighted by molar-refractivity contribution is 7.15. The van der Waals surface area contributed by atoms with Crippen molar-refractivity contribution in [2.75, 3.05) is 18.5 Å². The van der Waals surface area contributed by atoms with E-state index in [4.69, 9.17) is 32.7 Å². The van der Waals surface area contributed by atoms with Gasteiger partial charge in [-0.2, -0.15) is 0 Å². The van der Waals surface area contributed by atoms with E-state index in [1.54, 1.807) is 30.5 Å². The second kappa shape index (κ2) is 10.4. The number of carbonyl (C=O) groups is 2. The Morgan fingerprint density at radius 2 is 1.97 bits per heavy atom. The molecule has 0 aliphatic rings. The van der Waals surface area contributed by atoms with Gasteiger partial charge in [-0.15, -0.1) is 11.3 Å². The first-order chi connectivity index (χ1) is 15.3. The number of halogens is 2. The van der Waals surface area contributed by atoms with Crippen LogP contribution in [0.4, 0.5) is 10.7 Å². The van der Waals surface area contributed by atoms with E-state index >= 15 is 0 Å². The van der Waals surface area contributed by atoms with E-state index < -0.39 is 16.8 Å². The lowest BCUT2D eigenvalue weighted by Crippen LogP contribution is -2.21. The van der Waals surface area contributed by atoms with Gasteiger partial charge in [-0.05, 0) is 24.6 Å². The highest BCUT2D eigenvalue weighted by Crippen LogP contribution is 2.37. The van der Waals surface area contributed by atoms with E-state index in [1.165, 1.54) is 24.3 Å². The lowest BCUT2D eigenvalue weighted by Gasteiger charge is -2.10. The number of nitro benzene ring substituents is 1. The van der Waals surface area contributed by atoms with Crippen LogP contribution in [0.25, 0.3) is 11.1 Å². The van der Waals surface area contributed by atoms with Gasteiger partial charge in [0.25, 0.3) is 11.6 Å². The number of nitrogens with zero attached hydrogens (tertiary/aromatic N) is 1. The fraction of sp³-hybridized carbons (Fsp3) is 0.143. The van der Waals surface area contributed by atoms with Crippen LogP contribution in [0.3, 0.4) is 0 Å². The van der Waals surface area contributed by atoms with E-state index in [0.717, 1.165) is 11.3 Å². The predicted molar refractivity (Wildman–Crippen MR) is 123 cm³/mol. The molecule has 0 atom stereocenters. The summed E-state index contributed by atoms with van der Waals surface area (Å²) < 4.78 is 10.5. The minimum atomic E-state index is -0.663. The van der Waals surface area contributed by atoms with Crippen LogP contribution in [0, 0.1) is 10.1 Å². The van der Waals surface area contributed by atoms with Crippen LogP contribution in [0.5, 0.6) is 5.75 Å². The molecule has 1 aromatic heterocycles. The van der Waals surface area contributed by atoms with Gasteiger partial charge in [0.2, 0.25) is 0 Å². The molecule has 1 amide bonds. The molecule has 0 spiro atoms. The van der Waals surface area contributed by atoms with E-state index in [9.17, 15) is 19.7 Å². The first-order valence-electron chi connectivity index (χ1n) is 9.21. The number of carbonyl (C=O) groups excluding carboxylic acids is 2. The zero-order chi connectivity index (χ0) is 23.3. The summed E-state index contributed by atoms with van der Waals surface area (Å²) in [5.41, 5.74) is 0.833. The Morgan fingerprint density at radius 1 is 1.19 bits per heavy atom. The number of esters is 1. The van der Waals surface area contributed by atoms with E-state index in [0.29, 0.717) is 21.2 Å². The van der Waals surface area contributed by atoms with Gasteiger partial charge in [0.05, 0.1) is 16.6 Å². The largest absolute Gasteiger partial charge is 0.482 e. The second-order valence-corrected chi connectivity index (χ2v) is 8.02. The fourth-order valence-electron chi connectivity index (χ4n) is 2.75. The maximum Gasteiger partial charge on any atom is 0.341 e. The third-order valence-electron chi connectivity index (χ3n) is 4.14. The third-order valence-corrected chi connectivity index (χ3v) is 5.59. The average molecular weight is 495 g/mol. The summed E-state index contributed by atoms with van der Waals surface area (Å²) in [4.78, 5) is 35.7. The Bertz CT molecular complexity index is 1180. The van der Waals surface area contributed by atoms with E-state index in [-0.39, 0.29) is 35.2 Å². The topological polar surface area (TPSA) is 108 Å². The molecule has 0 aliphatic carbocycles. The number of rotatable bonds is 8. The number of amides is 1. The molecule has 166 valence electrons. The van der Waals surface area contributed by atoms with Crippen molar-refractivity contribution in [1.29, 1.82) is 0 Å². The van der Waals surface area contributed by atoms with Crippen molar-refractivity contribution in [3.05, 3.63) is 73.6 Å². The Labute approximate surface area is 196 Å². The molecule has 1 N–H and O–H groups in total. The Morgan fingerprint density at radius 3 is 2.69 bits per heavy atom. The van der Waals surface area contributed by atoms with Crippen molar-refractivity contribution < 1.29 is 24.0 Å². The summed E-state index contributed by atoms with van der Waals surface area (Å²) in [6, 6.07) is 10.5. The van der Waals surface area contributed by atoms with Crippen LogP contribution < -0.4 is 10.1 Å². The maximum absolute atomic E-state index is 12.6. The molecule has 11 heteroatoms. The van der Waals surface area contributed by atoms with Crippen molar-refractivity contribution in [2.24, 2.45) is 0 Å². The summed E-state index contributed by atoms with van der Waals surface area (Å²) in [5, 5.41) is 16.3. The molecule has 32 heavy (non-hydrogen) atoms. The first-order valence-corrected chi connectivity index (χ1v) is 10.8. The number of ether oxygens (including phenoxy) is 2. The number of nitrogens with one attached hydrogen (secondary N) is 1. The summed E-state index contributed by atoms with van der Waals surface area (Å²) in [6.07, 6.45) is 0. The molecular weight excluding hydrogens is 479 g/mol. The Balaban J connectivity index is 1.85. The zero-order valence-electron chi connectivity index (χ0n) is 16.6. The lowest BCUT2D eigenvalue weighted by molar-refractivity contribution is -0.384. The molecule has 0 radical (unpaired) electrons. The smallest absolute Gasteiger partial charge is 0.341 e. The Hall–Kier alpha value is -3.14. The molecule has 0 aliphatic heterocycles. The average Bonchev–Trinajstić information content (AvgIpc) is 3.18. The molecule has 3 aromatic rings. The SMILES string of the molecule is CCOC(=O)c1c(-c2cccc([N+](=O)[O-])c2)csc1NC(=O)COc1cc(Cl)ccc1Cl. The van der Waals surface area contributed by atoms with Crippen LogP contribution in [-0.4, -0.2) is 30.0 Å².